The molecule has 0 bridgehead atoms. The minimum atomic E-state index is -3.29. The molecule has 0 aromatic heterocycles. The number of halogens is 1. The lowest BCUT2D eigenvalue weighted by Gasteiger charge is -2.05. The van der Waals surface area contributed by atoms with Crippen LogP contribution in [0.3, 0.4) is 0 Å². The molecule has 0 heterocycles. The van der Waals surface area contributed by atoms with Crippen molar-refractivity contribution in [1.82, 2.24) is 0 Å². The summed E-state index contributed by atoms with van der Waals surface area (Å²) in [5.41, 5.74) is -0.0478. The van der Waals surface area contributed by atoms with Crippen molar-refractivity contribution in [3.05, 3.63) is 35.1 Å². The van der Waals surface area contributed by atoms with Crippen LogP contribution in [-0.4, -0.2) is 14.2 Å². The van der Waals surface area contributed by atoms with Gasteiger partial charge in [-0.25, -0.2) is 12.8 Å². The molecule has 1 rings (SSSR count). The first-order valence-electron chi connectivity index (χ1n) is 5.38. The van der Waals surface area contributed by atoms with Crippen molar-refractivity contribution < 1.29 is 12.8 Å². The maximum atomic E-state index is 13.6. The molecule has 0 unspecified atom stereocenters. The smallest absolute Gasteiger partial charge is 0.154 e. The summed E-state index contributed by atoms with van der Waals surface area (Å²) in [5, 5.41) is 8.64. The molecule has 1 aromatic rings. The summed E-state index contributed by atoms with van der Waals surface area (Å²) >= 11 is 0. The van der Waals surface area contributed by atoms with E-state index in [1.54, 1.807) is 6.07 Å². The highest BCUT2D eigenvalue weighted by molar-refractivity contribution is 7.90. The second kappa shape index (κ2) is 5.78. The van der Waals surface area contributed by atoms with E-state index in [0.29, 0.717) is 6.42 Å². The quantitative estimate of drug-likeness (QED) is 0.811. The van der Waals surface area contributed by atoms with E-state index in [1.807, 2.05) is 6.92 Å². The Morgan fingerprint density at radius 2 is 2.12 bits per heavy atom. The van der Waals surface area contributed by atoms with Crippen LogP contribution in [0, 0.1) is 17.1 Å². The molecule has 17 heavy (non-hydrogen) atoms. The molecular formula is C12H14FNO2S. The molecule has 0 fully saturated rings. The highest BCUT2D eigenvalue weighted by Crippen LogP contribution is 2.16. The van der Waals surface area contributed by atoms with Gasteiger partial charge in [0.2, 0.25) is 0 Å². The van der Waals surface area contributed by atoms with Gasteiger partial charge in [0.05, 0.1) is 17.1 Å². The van der Waals surface area contributed by atoms with Crippen molar-refractivity contribution in [1.29, 1.82) is 5.26 Å². The summed E-state index contributed by atoms with van der Waals surface area (Å²) in [7, 11) is -3.29. The number of nitriles is 1. The minimum absolute atomic E-state index is 0.0553. The van der Waals surface area contributed by atoms with Gasteiger partial charge in [0, 0.05) is 5.56 Å². The first-order chi connectivity index (χ1) is 8.00. The van der Waals surface area contributed by atoms with Gasteiger partial charge in [-0.1, -0.05) is 25.5 Å². The Balaban J connectivity index is 2.93. The van der Waals surface area contributed by atoms with Gasteiger partial charge in [-0.2, -0.15) is 5.26 Å². The van der Waals surface area contributed by atoms with Crippen LogP contribution in [-0.2, 0) is 15.6 Å². The molecule has 92 valence electrons. The van der Waals surface area contributed by atoms with Crippen LogP contribution in [0.5, 0.6) is 0 Å². The van der Waals surface area contributed by atoms with E-state index in [0.717, 1.165) is 6.42 Å². The molecule has 0 spiro atoms. The Bertz CT molecular complexity index is 532. The fourth-order valence-corrected chi connectivity index (χ4v) is 3.02. The van der Waals surface area contributed by atoms with Crippen molar-refractivity contribution in [2.24, 2.45) is 0 Å². The van der Waals surface area contributed by atoms with Crippen molar-refractivity contribution >= 4 is 9.84 Å². The third-order valence-corrected chi connectivity index (χ3v) is 4.04. The largest absolute Gasteiger partial charge is 0.228 e. The first-order valence-corrected chi connectivity index (χ1v) is 7.20. The Morgan fingerprint density at radius 1 is 1.41 bits per heavy atom. The Labute approximate surface area is 101 Å². The number of nitrogens with zero attached hydrogens (tertiary/aromatic N) is 1. The Morgan fingerprint density at radius 3 is 2.71 bits per heavy atom. The fourth-order valence-electron chi connectivity index (χ4n) is 1.45. The molecule has 0 aliphatic rings. The van der Waals surface area contributed by atoms with Gasteiger partial charge in [0.1, 0.15) is 11.9 Å². The summed E-state index contributed by atoms with van der Waals surface area (Å²) in [6.07, 6.45) is 1.35. The average Bonchev–Trinajstić information content (AvgIpc) is 2.29. The molecule has 3 nitrogen and oxygen atoms in total. The number of hydrogen-bond acceptors (Lipinski definition) is 3. The fraction of sp³-hybridized carbons (Fsp3) is 0.417. The summed E-state index contributed by atoms with van der Waals surface area (Å²) in [6.45, 7) is 1.90. The Kier molecular flexibility index (Phi) is 4.64. The molecule has 0 aliphatic heterocycles. The summed E-state index contributed by atoms with van der Waals surface area (Å²) in [6, 6.07) is 5.92. The third kappa shape index (κ3) is 3.82. The molecule has 0 N–H and O–H groups in total. The van der Waals surface area contributed by atoms with Crippen LogP contribution in [0.2, 0.25) is 0 Å². The van der Waals surface area contributed by atoms with Crippen molar-refractivity contribution in [3.8, 4) is 6.07 Å². The van der Waals surface area contributed by atoms with E-state index in [4.69, 9.17) is 5.26 Å². The number of rotatable bonds is 5. The predicted molar refractivity (Wildman–Crippen MR) is 63.5 cm³/mol. The van der Waals surface area contributed by atoms with E-state index in [9.17, 15) is 12.8 Å². The summed E-state index contributed by atoms with van der Waals surface area (Å²) < 4.78 is 37.0. The zero-order valence-corrected chi connectivity index (χ0v) is 10.4. The lowest BCUT2D eigenvalue weighted by Crippen LogP contribution is -2.10. The van der Waals surface area contributed by atoms with Gasteiger partial charge in [0.25, 0.3) is 0 Å². The molecule has 0 amide bonds. The maximum Gasteiger partial charge on any atom is 0.154 e. The topological polar surface area (TPSA) is 57.9 Å². The standard InChI is InChI=1S/C12H14FNO2S/c1-2-3-7-17(15,16)9-11-6-4-5-10(8-14)12(11)13/h4-6H,2-3,7,9H2,1H3. The van der Waals surface area contributed by atoms with Crippen LogP contribution >= 0.6 is 0 Å². The summed E-state index contributed by atoms with van der Waals surface area (Å²) in [4.78, 5) is 0. The monoisotopic (exact) mass is 255 g/mol. The lowest BCUT2D eigenvalue weighted by atomic mass is 10.1. The van der Waals surface area contributed by atoms with E-state index < -0.39 is 15.7 Å². The number of sulfone groups is 1. The van der Waals surface area contributed by atoms with E-state index in [2.05, 4.69) is 0 Å². The van der Waals surface area contributed by atoms with E-state index in [1.165, 1.54) is 18.2 Å². The van der Waals surface area contributed by atoms with E-state index in [-0.39, 0.29) is 22.6 Å². The number of hydrogen-bond donors (Lipinski definition) is 0. The Hall–Kier alpha value is -1.41. The SMILES string of the molecule is CCCCS(=O)(=O)Cc1cccc(C#N)c1F. The molecule has 0 saturated carbocycles. The van der Waals surface area contributed by atoms with Crippen LogP contribution in [0.15, 0.2) is 18.2 Å². The van der Waals surface area contributed by atoms with Gasteiger partial charge in [0.15, 0.2) is 9.84 Å². The highest BCUT2D eigenvalue weighted by Gasteiger charge is 2.16. The van der Waals surface area contributed by atoms with Crippen LogP contribution in [0.1, 0.15) is 30.9 Å². The maximum absolute atomic E-state index is 13.6. The molecule has 0 aliphatic carbocycles. The van der Waals surface area contributed by atoms with Crippen molar-refractivity contribution in [2.45, 2.75) is 25.5 Å². The zero-order valence-electron chi connectivity index (χ0n) is 9.61. The van der Waals surface area contributed by atoms with Crippen molar-refractivity contribution in [3.63, 3.8) is 0 Å². The van der Waals surface area contributed by atoms with Crippen LogP contribution in [0.4, 0.5) is 4.39 Å². The molecule has 0 saturated heterocycles. The number of benzene rings is 1. The van der Waals surface area contributed by atoms with E-state index >= 15 is 0 Å². The van der Waals surface area contributed by atoms with Gasteiger partial charge in [-0.15, -0.1) is 0 Å². The number of unbranched alkanes of at least 4 members (excludes halogenated alkanes) is 1. The van der Waals surface area contributed by atoms with Crippen LogP contribution in [0.25, 0.3) is 0 Å². The zero-order chi connectivity index (χ0) is 12.9. The van der Waals surface area contributed by atoms with Gasteiger partial charge in [-0.05, 0) is 12.5 Å². The highest BCUT2D eigenvalue weighted by atomic mass is 32.2. The predicted octanol–water partition coefficient (Wildman–Crippen LogP) is 2.41. The molecule has 5 heteroatoms. The normalized spacial score (nSPS) is 11.1. The molecule has 0 radical (unpaired) electrons. The second-order valence-corrected chi connectivity index (χ2v) is 6.02. The summed E-state index contributed by atoms with van der Waals surface area (Å²) in [5.74, 6) is -1.01. The average molecular weight is 255 g/mol. The minimum Gasteiger partial charge on any atom is -0.228 e. The van der Waals surface area contributed by atoms with Gasteiger partial charge < -0.3 is 0 Å². The first kappa shape index (κ1) is 13.7. The van der Waals surface area contributed by atoms with Gasteiger partial charge >= 0.3 is 0 Å². The third-order valence-electron chi connectivity index (χ3n) is 2.38. The molecular weight excluding hydrogens is 241 g/mol. The second-order valence-electron chi connectivity index (χ2n) is 3.84. The van der Waals surface area contributed by atoms with Gasteiger partial charge in [-0.3, -0.25) is 0 Å². The lowest BCUT2D eigenvalue weighted by molar-refractivity contribution is 0.583. The van der Waals surface area contributed by atoms with Crippen molar-refractivity contribution in [2.75, 3.05) is 5.75 Å². The van der Waals surface area contributed by atoms with Crippen LogP contribution < -0.4 is 0 Å². The molecule has 1 aromatic carbocycles. The molecule has 0 atom stereocenters.